The van der Waals surface area contributed by atoms with Crippen LogP contribution in [0.15, 0.2) is 16.9 Å². The van der Waals surface area contributed by atoms with Crippen LogP contribution in [0.4, 0.5) is 0 Å². The van der Waals surface area contributed by atoms with E-state index < -0.39 is 0 Å². The molecule has 0 unspecified atom stereocenters. The first-order chi connectivity index (χ1) is 12.0. The van der Waals surface area contributed by atoms with E-state index in [4.69, 9.17) is 9.26 Å². The van der Waals surface area contributed by atoms with E-state index in [2.05, 4.69) is 15.1 Å². The Bertz CT molecular complexity index is 724. The van der Waals surface area contributed by atoms with Gasteiger partial charge in [-0.15, -0.1) is 0 Å². The number of aryl methyl sites for hydroxylation is 3. The van der Waals surface area contributed by atoms with Gasteiger partial charge in [0, 0.05) is 36.0 Å². The van der Waals surface area contributed by atoms with Crippen molar-refractivity contribution in [1.82, 2.24) is 20.0 Å². The minimum Gasteiger partial charge on any atom is -0.379 e. The molecule has 1 aliphatic heterocycles. The molecule has 134 valence electrons. The van der Waals surface area contributed by atoms with Crippen LogP contribution in [0.25, 0.3) is 0 Å². The third kappa shape index (κ3) is 4.42. The van der Waals surface area contributed by atoms with Crippen LogP contribution >= 0.6 is 0 Å². The Balaban J connectivity index is 1.66. The van der Waals surface area contributed by atoms with E-state index >= 15 is 0 Å². The lowest BCUT2D eigenvalue weighted by Gasteiger charge is -2.23. The van der Waals surface area contributed by atoms with E-state index in [0.29, 0.717) is 38.5 Å². The number of hydrogen-bond donors (Lipinski definition) is 0. The highest BCUT2D eigenvalue weighted by Gasteiger charge is 2.25. The number of nitrogens with zero attached hydrogens (tertiary/aromatic N) is 4. The van der Waals surface area contributed by atoms with Gasteiger partial charge < -0.3 is 14.2 Å². The van der Waals surface area contributed by atoms with E-state index in [1.165, 1.54) is 0 Å². The normalized spacial score (nSPS) is 18.2. The van der Waals surface area contributed by atoms with Gasteiger partial charge in [-0.05, 0) is 33.3 Å². The molecule has 1 aliphatic rings. The van der Waals surface area contributed by atoms with Crippen molar-refractivity contribution >= 4 is 5.91 Å². The molecule has 0 radical (unpaired) electrons. The van der Waals surface area contributed by atoms with E-state index in [1.807, 2.05) is 31.7 Å². The van der Waals surface area contributed by atoms with Crippen LogP contribution < -0.4 is 0 Å². The number of carbonyl (C=O) groups is 1. The summed E-state index contributed by atoms with van der Waals surface area (Å²) < 4.78 is 10.9. The van der Waals surface area contributed by atoms with Crippen molar-refractivity contribution in [3.63, 3.8) is 0 Å². The molecule has 2 aromatic rings. The van der Waals surface area contributed by atoms with Gasteiger partial charge in [0.25, 0.3) is 0 Å². The summed E-state index contributed by atoms with van der Waals surface area (Å²) in [6.45, 7) is 8.14. The molecule has 7 heteroatoms. The van der Waals surface area contributed by atoms with Crippen molar-refractivity contribution in [3.8, 4) is 0 Å². The second kappa shape index (κ2) is 7.74. The molecule has 0 aromatic carbocycles. The zero-order chi connectivity index (χ0) is 17.8. The quantitative estimate of drug-likeness (QED) is 0.839. The highest BCUT2D eigenvalue weighted by atomic mass is 16.5. The summed E-state index contributed by atoms with van der Waals surface area (Å²) in [7, 11) is 0. The molecule has 0 saturated carbocycles. The van der Waals surface area contributed by atoms with Crippen molar-refractivity contribution in [3.05, 3.63) is 40.8 Å². The molecule has 1 saturated heterocycles. The molecule has 3 heterocycles. The van der Waals surface area contributed by atoms with E-state index in [0.717, 1.165) is 29.1 Å². The molecule has 0 N–H and O–H groups in total. The standard InChI is InChI=1S/C18H24N4O3/c1-12-6-16(20-11-19-12)7-15-9-22(4-5-24-10-15)18(23)8-17-13(2)21-25-14(17)3/h6,11,15H,4-5,7-10H2,1-3H3/t15-/m0/s1. The summed E-state index contributed by atoms with van der Waals surface area (Å²) in [5, 5.41) is 3.93. The molecule has 1 amide bonds. The van der Waals surface area contributed by atoms with Crippen LogP contribution in [0.1, 0.15) is 28.4 Å². The van der Waals surface area contributed by atoms with E-state index in [9.17, 15) is 4.79 Å². The first kappa shape index (κ1) is 17.5. The summed E-state index contributed by atoms with van der Waals surface area (Å²) in [6.07, 6.45) is 2.68. The van der Waals surface area contributed by atoms with Crippen LogP contribution in [0.2, 0.25) is 0 Å². The second-order valence-electron chi connectivity index (χ2n) is 6.62. The topological polar surface area (TPSA) is 81.4 Å². The predicted octanol–water partition coefficient (Wildman–Crippen LogP) is 1.65. The predicted molar refractivity (Wildman–Crippen MR) is 91.0 cm³/mol. The summed E-state index contributed by atoms with van der Waals surface area (Å²) in [5.41, 5.74) is 3.61. The number of carbonyl (C=O) groups excluding carboxylic acids is 1. The van der Waals surface area contributed by atoms with Crippen molar-refractivity contribution in [2.75, 3.05) is 26.3 Å². The molecule has 3 rings (SSSR count). The minimum absolute atomic E-state index is 0.0868. The van der Waals surface area contributed by atoms with Crippen molar-refractivity contribution in [1.29, 1.82) is 0 Å². The molecule has 1 atom stereocenters. The first-order valence-electron chi connectivity index (χ1n) is 8.57. The molecule has 0 spiro atoms. The third-order valence-corrected chi connectivity index (χ3v) is 4.56. The Labute approximate surface area is 147 Å². The Morgan fingerprint density at radius 3 is 2.88 bits per heavy atom. The number of aromatic nitrogens is 3. The molecular formula is C18H24N4O3. The number of ether oxygens (including phenoxy) is 1. The van der Waals surface area contributed by atoms with Crippen molar-refractivity contribution < 1.29 is 14.1 Å². The van der Waals surface area contributed by atoms with Gasteiger partial charge in [0.1, 0.15) is 12.1 Å². The van der Waals surface area contributed by atoms with Gasteiger partial charge in [-0.1, -0.05) is 5.16 Å². The monoisotopic (exact) mass is 344 g/mol. The minimum atomic E-state index is 0.0868. The first-order valence-corrected chi connectivity index (χ1v) is 8.57. The van der Waals surface area contributed by atoms with Crippen LogP contribution in [0.5, 0.6) is 0 Å². The lowest BCUT2D eigenvalue weighted by molar-refractivity contribution is -0.130. The highest BCUT2D eigenvalue weighted by molar-refractivity contribution is 5.79. The Kier molecular flexibility index (Phi) is 5.43. The summed E-state index contributed by atoms with van der Waals surface area (Å²) in [4.78, 5) is 23.1. The zero-order valence-electron chi connectivity index (χ0n) is 15.0. The molecule has 7 nitrogen and oxygen atoms in total. The fourth-order valence-electron chi connectivity index (χ4n) is 3.16. The maximum absolute atomic E-state index is 12.8. The lowest BCUT2D eigenvalue weighted by atomic mass is 10.0. The zero-order valence-corrected chi connectivity index (χ0v) is 15.0. The number of rotatable bonds is 4. The van der Waals surface area contributed by atoms with Gasteiger partial charge in [0.15, 0.2) is 0 Å². The van der Waals surface area contributed by atoms with Crippen molar-refractivity contribution in [2.24, 2.45) is 5.92 Å². The van der Waals surface area contributed by atoms with Crippen LogP contribution in [-0.2, 0) is 22.4 Å². The molecular weight excluding hydrogens is 320 g/mol. The average molecular weight is 344 g/mol. The fourth-order valence-corrected chi connectivity index (χ4v) is 3.16. The Morgan fingerprint density at radius 1 is 1.32 bits per heavy atom. The Hall–Kier alpha value is -2.28. The van der Waals surface area contributed by atoms with E-state index in [1.54, 1.807) is 6.33 Å². The molecule has 0 aliphatic carbocycles. The van der Waals surface area contributed by atoms with Crippen LogP contribution in [0.3, 0.4) is 0 Å². The SMILES string of the molecule is Cc1cc(C[C@@H]2COCCN(C(=O)Cc3c(C)noc3C)C2)ncn1. The molecule has 1 fully saturated rings. The van der Waals surface area contributed by atoms with E-state index in [-0.39, 0.29) is 11.8 Å². The third-order valence-electron chi connectivity index (χ3n) is 4.56. The summed E-state index contributed by atoms with van der Waals surface area (Å²) in [6, 6.07) is 1.99. The maximum Gasteiger partial charge on any atom is 0.227 e. The van der Waals surface area contributed by atoms with Gasteiger partial charge in [-0.3, -0.25) is 4.79 Å². The van der Waals surface area contributed by atoms with Gasteiger partial charge in [-0.2, -0.15) is 0 Å². The molecule has 25 heavy (non-hydrogen) atoms. The summed E-state index contributed by atoms with van der Waals surface area (Å²) >= 11 is 0. The largest absolute Gasteiger partial charge is 0.379 e. The average Bonchev–Trinajstić information content (AvgIpc) is 2.78. The summed E-state index contributed by atoms with van der Waals surface area (Å²) in [5.74, 6) is 1.03. The molecule has 2 aromatic heterocycles. The molecule has 0 bridgehead atoms. The van der Waals surface area contributed by atoms with Crippen LogP contribution in [0, 0.1) is 26.7 Å². The van der Waals surface area contributed by atoms with Gasteiger partial charge in [0.2, 0.25) is 5.91 Å². The fraction of sp³-hybridized carbons (Fsp3) is 0.556. The second-order valence-corrected chi connectivity index (χ2v) is 6.62. The maximum atomic E-state index is 12.8. The number of hydrogen-bond acceptors (Lipinski definition) is 6. The highest BCUT2D eigenvalue weighted by Crippen LogP contribution is 2.17. The smallest absolute Gasteiger partial charge is 0.227 e. The van der Waals surface area contributed by atoms with Gasteiger partial charge in [0.05, 0.1) is 25.3 Å². The Morgan fingerprint density at radius 2 is 2.16 bits per heavy atom. The van der Waals surface area contributed by atoms with Gasteiger partial charge in [-0.25, -0.2) is 9.97 Å². The van der Waals surface area contributed by atoms with Crippen LogP contribution in [-0.4, -0.2) is 52.2 Å². The van der Waals surface area contributed by atoms with Crippen molar-refractivity contribution in [2.45, 2.75) is 33.6 Å². The lowest BCUT2D eigenvalue weighted by Crippen LogP contribution is -2.37. The van der Waals surface area contributed by atoms with Gasteiger partial charge >= 0.3 is 0 Å². The number of amides is 1.